The van der Waals surface area contributed by atoms with Gasteiger partial charge in [-0.2, -0.15) is 13.2 Å². The summed E-state index contributed by atoms with van der Waals surface area (Å²) < 4.78 is 101. The summed E-state index contributed by atoms with van der Waals surface area (Å²) in [5, 5.41) is 30.6. The van der Waals surface area contributed by atoms with Crippen LogP contribution in [0.1, 0.15) is 5.56 Å². The lowest BCUT2D eigenvalue weighted by atomic mass is 10.1. The minimum absolute atomic E-state index is 0.0883. The van der Waals surface area contributed by atoms with Crippen LogP contribution in [-0.2, 0) is 6.18 Å². The van der Waals surface area contributed by atoms with Crippen LogP contribution in [0.15, 0.2) is 342 Å². The van der Waals surface area contributed by atoms with Crippen molar-refractivity contribution in [1.82, 2.24) is 79.7 Å². The van der Waals surface area contributed by atoms with Gasteiger partial charge in [-0.25, -0.2) is 77.4 Å². The van der Waals surface area contributed by atoms with Gasteiger partial charge in [0.05, 0.1) is 75.3 Å². The first-order valence-electron chi connectivity index (χ1n) is 39.3. The number of anilines is 10. The summed E-state index contributed by atoms with van der Waals surface area (Å²) in [4.78, 5) is 68.1. The number of aromatic nitrogens is 16. The molecule has 0 radical (unpaired) electrons. The lowest BCUT2D eigenvalue weighted by Crippen LogP contribution is -2.06. The number of halogens is 9. The van der Waals surface area contributed by atoms with Gasteiger partial charge < -0.3 is 36.4 Å². The first-order chi connectivity index (χ1) is 63.0. The van der Waals surface area contributed by atoms with Gasteiger partial charge in [-0.1, -0.05) is 59.6 Å². The maximum atomic E-state index is 14.4. The van der Waals surface area contributed by atoms with Gasteiger partial charge in [-0.05, 0) is 212 Å². The maximum Gasteiger partial charge on any atom is 0.416 e. The molecule has 0 spiro atoms. The Morgan fingerprint density at radius 3 is 1.12 bits per heavy atom. The SMILES string of the molecule is Clc1cccc(-c2cc(Nc3ccncc3)c3cccnc3n2)c1.FC(F)(F)c1cccc(-c2cc(Nc3ccncc3)c3cccnc3n2)c1.Fc1ccc(F)c(-c2cc(Nc3ccncc3)c3cccnc3n2)c1.Fc1ccccc1-c1cc(Nc2ccncc2)c2cccnc2n1.OCCOc1cncnc1Nc1cc(-c2cc(Cl)ccc2F)nc2ncccc12. The zero-order valence-electron chi connectivity index (χ0n) is 67.2. The van der Waals surface area contributed by atoms with Crippen LogP contribution in [0.4, 0.5) is 87.7 Å². The Morgan fingerprint density at radius 2 is 0.690 bits per heavy atom. The van der Waals surface area contributed by atoms with Crippen molar-refractivity contribution in [3.05, 3.63) is 381 Å². The summed E-state index contributed by atoms with van der Waals surface area (Å²) in [5.74, 6) is -1.07. The Morgan fingerprint density at radius 1 is 0.318 bits per heavy atom. The van der Waals surface area contributed by atoms with E-state index in [4.69, 9.17) is 33.0 Å². The molecule has 32 heteroatoms. The fourth-order valence-corrected chi connectivity index (χ4v) is 13.6. The molecule has 6 N–H and O–H groups in total. The summed E-state index contributed by atoms with van der Waals surface area (Å²) >= 11 is 12.2. The molecule has 0 aliphatic heterocycles. The molecule has 20 rings (SSSR count). The van der Waals surface area contributed by atoms with E-state index >= 15 is 0 Å². The van der Waals surface area contributed by atoms with E-state index in [1.54, 1.807) is 153 Å². The number of rotatable bonds is 18. The van der Waals surface area contributed by atoms with E-state index in [2.05, 4.69) is 106 Å². The van der Waals surface area contributed by atoms with Crippen molar-refractivity contribution in [2.45, 2.75) is 6.18 Å². The number of aliphatic hydroxyl groups excluding tert-OH is 1. The van der Waals surface area contributed by atoms with Gasteiger partial charge in [0.1, 0.15) is 36.2 Å². The summed E-state index contributed by atoms with van der Waals surface area (Å²) in [6.07, 6.45) is 20.2. The topological polar surface area (TPSA) is 296 Å². The zero-order valence-corrected chi connectivity index (χ0v) is 68.7. The fourth-order valence-electron chi connectivity index (χ4n) is 13.2. The highest BCUT2D eigenvalue weighted by Gasteiger charge is 2.31. The van der Waals surface area contributed by atoms with E-state index in [-0.39, 0.29) is 30.2 Å². The molecule has 5 aromatic carbocycles. The lowest BCUT2D eigenvalue weighted by molar-refractivity contribution is -0.137. The second-order valence-corrected chi connectivity index (χ2v) is 28.7. The molecule has 0 bridgehead atoms. The van der Waals surface area contributed by atoms with Crippen LogP contribution in [0.3, 0.4) is 0 Å². The van der Waals surface area contributed by atoms with Crippen LogP contribution >= 0.6 is 23.2 Å². The van der Waals surface area contributed by atoms with Crippen LogP contribution in [0, 0.1) is 23.3 Å². The number of aliphatic hydroxyl groups is 1. The molecule has 15 heterocycles. The van der Waals surface area contributed by atoms with Gasteiger partial charge in [0.15, 0.2) is 39.8 Å². The molecule has 0 saturated carbocycles. The molecule has 634 valence electrons. The third-order valence-electron chi connectivity index (χ3n) is 19.2. The van der Waals surface area contributed by atoms with E-state index in [1.165, 1.54) is 42.9 Å². The van der Waals surface area contributed by atoms with Gasteiger partial charge in [0.25, 0.3) is 0 Å². The molecule has 0 amide bonds. The first-order valence-corrected chi connectivity index (χ1v) is 40.1. The quantitative estimate of drug-likeness (QED) is 0.0435. The van der Waals surface area contributed by atoms with Crippen molar-refractivity contribution in [3.63, 3.8) is 0 Å². The van der Waals surface area contributed by atoms with Crippen molar-refractivity contribution in [1.29, 1.82) is 0 Å². The number of fused-ring (bicyclic) bond motifs is 5. The predicted molar refractivity (Wildman–Crippen MR) is 488 cm³/mol. The molecule has 0 unspecified atom stereocenters. The summed E-state index contributed by atoms with van der Waals surface area (Å²) in [6.45, 7) is -0.0473. The largest absolute Gasteiger partial charge is 0.486 e. The molecule has 129 heavy (non-hydrogen) atoms. The smallest absolute Gasteiger partial charge is 0.416 e. The molecule has 23 nitrogen and oxygen atoms in total. The second kappa shape index (κ2) is 40.4. The molecule has 0 aliphatic carbocycles. The lowest BCUT2D eigenvalue weighted by Gasteiger charge is -2.14. The Balaban J connectivity index is 0.000000118. The minimum atomic E-state index is -4.41. The Bertz CT molecular complexity index is 7350. The second-order valence-electron chi connectivity index (χ2n) is 27.8. The number of pyridine rings is 14. The number of ether oxygens (including phenoxy) is 1. The van der Waals surface area contributed by atoms with E-state index in [0.717, 1.165) is 97.3 Å². The normalized spacial score (nSPS) is 10.9. The monoisotopic (exact) mass is 1760 g/mol. The van der Waals surface area contributed by atoms with Crippen LogP contribution in [0.5, 0.6) is 5.75 Å². The van der Waals surface area contributed by atoms with Gasteiger partial charge in [-0.15, -0.1) is 0 Å². The molecule has 0 saturated heterocycles. The van der Waals surface area contributed by atoms with Crippen molar-refractivity contribution >= 4 is 135 Å². The van der Waals surface area contributed by atoms with Crippen LogP contribution < -0.4 is 31.3 Å². The number of nitrogens with one attached hydrogen (secondary N) is 5. The van der Waals surface area contributed by atoms with E-state index in [9.17, 15) is 30.7 Å². The number of nitrogens with zero attached hydrogens (tertiary/aromatic N) is 16. The Hall–Kier alpha value is -16.6. The number of benzene rings is 5. The van der Waals surface area contributed by atoms with Crippen LogP contribution in [-0.4, -0.2) is 98.1 Å². The van der Waals surface area contributed by atoms with Crippen molar-refractivity contribution < 1.29 is 40.6 Å². The summed E-state index contributed by atoms with van der Waals surface area (Å²) in [5.41, 5.74) is 13.6. The average Bonchev–Trinajstić information content (AvgIpc) is 0.798. The average molecular weight is 1760 g/mol. The van der Waals surface area contributed by atoms with Gasteiger partial charge >= 0.3 is 6.18 Å². The molecular formula is C97H66Cl2F7N21O2. The zero-order chi connectivity index (χ0) is 89.0. The van der Waals surface area contributed by atoms with Crippen molar-refractivity contribution in [2.24, 2.45) is 0 Å². The molecule has 0 fully saturated rings. The highest BCUT2D eigenvalue weighted by atomic mass is 35.5. The highest BCUT2D eigenvalue weighted by molar-refractivity contribution is 6.31. The molecule has 0 aliphatic rings. The Labute approximate surface area is 740 Å². The molecular weight excluding hydrogens is 1700 g/mol. The molecule has 15 aromatic heterocycles. The molecule has 20 aromatic rings. The first kappa shape index (κ1) is 86.0. The standard InChI is InChI=1S/C20H15ClFN5O2.C20H13F3N4.C19H13ClN4.C19H12F2N4.C19H13FN4/c21-12-3-4-15(22)14(8-12)17-9-16(13-2-1-5-24-19(13)26-17)27-20-18(29-7-6-28)10-23-11-25-20;21-20(22,23)14-4-1-3-13(11-14)17-12-18(26-15-6-9-24-10-7-15)16-5-2-8-25-19(16)27-17;20-14-4-1-3-13(11-14)17-12-18(23-15-6-9-21-10-7-15)16-5-2-8-22-19(16)24-17;20-12-3-4-16(21)15(10-12)18-11-17(24-13-5-8-22-9-6-13)14-2-1-7-23-19(14)25-18;20-16-6-2-1-4-14(16)17-12-18(23-13-7-10-21-11-8-13)15-5-3-9-22-19(15)24-17/h1-5,8-11,28H,6-7H2,(H,23,24,25,26,27);1-12H,(H,24,25,26,27);1-12H,(H,21,22,23,24);1-11H,(H,22,23,24,25);1-12H,(H,21,22,23,24). The van der Waals surface area contributed by atoms with Crippen LogP contribution in [0.25, 0.3) is 111 Å². The maximum absolute atomic E-state index is 14.4. The number of alkyl halides is 3. The van der Waals surface area contributed by atoms with Crippen molar-refractivity contribution in [2.75, 3.05) is 39.8 Å². The fraction of sp³-hybridized carbons (Fsp3) is 0.0309. The third kappa shape index (κ3) is 21.6. The molecule has 0 atom stereocenters. The number of hydrogen-bond acceptors (Lipinski definition) is 23. The Kier molecular flexibility index (Phi) is 26.9. The van der Waals surface area contributed by atoms with E-state index in [1.807, 2.05) is 115 Å². The summed E-state index contributed by atoms with van der Waals surface area (Å²) in [7, 11) is 0. The van der Waals surface area contributed by atoms with Crippen LogP contribution in [0.2, 0.25) is 10.0 Å². The summed E-state index contributed by atoms with van der Waals surface area (Å²) in [6, 6.07) is 69.2. The van der Waals surface area contributed by atoms with Gasteiger partial charge in [0, 0.05) is 168 Å². The third-order valence-corrected chi connectivity index (χ3v) is 19.7. The van der Waals surface area contributed by atoms with Crippen molar-refractivity contribution in [3.8, 4) is 62.0 Å². The highest BCUT2D eigenvalue weighted by Crippen LogP contribution is 2.40. The number of hydrogen-bond donors (Lipinski definition) is 6. The van der Waals surface area contributed by atoms with Gasteiger partial charge in [0.2, 0.25) is 0 Å². The van der Waals surface area contributed by atoms with E-state index in [0.29, 0.717) is 106 Å². The predicted octanol–water partition coefficient (Wildman–Crippen LogP) is 23.8. The van der Waals surface area contributed by atoms with E-state index < -0.39 is 29.2 Å². The van der Waals surface area contributed by atoms with Gasteiger partial charge in [-0.3, -0.25) is 19.9 Å². The minimum Gasteiger partial charge on any atom is -0.486 e.